The van der Waals surface area contributed by atoms with Crippen molar-refractivity contribution in [1.29, 1.82) is 10.5 Å². The third-order valence-corrected chi connectivity index (χ3v) is 3.23. The average molecular weight is 315 g/mol. The predicted molar refractivity (Wildman–Crippen MR) is 84.8 cm³/mol. The van der Waals surface area contributed by atoms with Gasteiger partial charge in [0.25, 0.3) is 0 Å². The lowest BCUT2D eigenvalue weighted by atomic mass is 10.1. The number of aliphatic hydroxyl groups excluding tert-OH is 1. The second-order valence-electron chi connectivity index (χ2n) is 5.17. The van der Waals surface area contributed by atoms with Crippen LogP contribution in [0.3, 0.4) is 0 Å². The molecule has 0 heterocycles. The van der Waals surface area contributed by atoms with Crippen molar-refractivity contribution in [2.75, 3.05) is 26.2 Å². The van der Waals surface area contributed by atoms with Crippen LogP contribution in [0.2, 0.25) is 0 Å². The van der Waals surface area contributed by atoms with E-state index in [4.69, 9.17) is 15.3 Å². The highest BCUT2D eigenvalue weighted by Crippen LogP contribution is 2.14. The van der Waals surface area contributed by atoms with E-state index >= 15 is 0 Å². The number of hydrogen-bond donors (Lipinski definition) is 1. The number of ketones is 1. The molecule has 6 nitrogen and oxygen atoms in total. The number of Topliss-reactive ketones (excluding diaryl/α,β-unsaturated/α-hetero) is 1. The SMILES string of the molecule is CC(=O)c1cccc(OC[C@H](O)CN(CCC#N)CCC#N)c1. The van der Waals surface area contributed by atoms with Gasteiger partial charge < -0.3 is 9.84 Å². The molecule has 0 saturated carbocycles. The van der Waals surface area contributed by atoms with Crippen molar-refractivity contribution < 1.29 is 14.6 Å². The van der Waals surface area contributed by atoms with Crippen LogP contribution in [0.15, 0.2) is 24.3 Å². The average Bonchev–Trinajstić information content (AvgIpc) is 2.55. The maximum absolute atomic E-state index is 11.3. The third-order valence-electron chi connectivity index (χ3n) is 3.23. The number of aliphatic hydroxyl groups is 1. The van der Waals surface area contributed by atoms with Crippen LogP contribution >= 0.6 is 0 Å². The van der Waals surface area contributed by atoms with E-state index in [1.165, 1.54) is 6.92 Å². The van der Waals surface area contributed by atoms with Crippen LogP contribution in [0.25, 0.3) is 0 Å². The van der Waals surface area contributed by atoms with Gasteiger partial charge in [-0.25, -0.2) is 0 Å². The van der Waals surface area contributed by atoms with Crippen molar-refractivity contribution in [3.8, 4) is 17.9 Å². The number of carbonyl (C=O) groups excluding carboxylic acids is 1. The summed E-state index contributed by atoms with van der Waals surface area (Å²) >= 11 is 0. The summed E-state index contributed by atoms with van der Waals surface area (Å²) in [5.41, 5.74) is 0.557. The lowest BCUT2D eigenvalue weighted by Gasteiger charge is -2.23. The Bertz CT molecular complexity index is 571. The van der Waals surface area contributed by atoms with Crippen LogP contribution in [-0.2, 0) is 0 Å². The molecular formula is C17H21N3O3. The van der Waals surface area contributed by atoms with Gasteiger partial charge in [-0.2, -0.15) is 10.5 Å². The summed E-state index contributed by atoms with van der Waals surface area (Å²) in [6.07, 6.45) is -0.0485. The van der Waals surface area contributed by atoms with Gasteiger partial charge in [0.05, 0.1) is 12.1 Å². The van der Waals surface area contributed by atoms with Crippen LogP contribution < -0.4 is 4.74 Å². The smallest absolute Gasteiger partial charge is 0.159 e. The van der Waals surface area contributed by atoms with Gasteiger partial charge in [0.2, 0.25) is 0 Å². The number of nitrogens with zero attached hydrogens (tertiary/aromatic N) is 3. The van der Waals surface area contributed by atoms with Crippen molar-refractivity contribution in [2.24, 2.45) is 0 Å². The minimum atomic E-state index is -0.742. The molecule has 0 bridgehead atoms. The Kier molecular flexibility index (Phi) is 8.38. The molecule has 1 aromatic carbocycles. The van der Waals surface area contributed by atoms with Gasteiger partial charge in [-0.1, -0.05) is 12.1 Å². The molecule has 122 valence electrons. The quantitative estimate of drug-likeness (QED) is 0.661. The van der Waals surface area contributed by atoms with Crippen LogP contribution in [0.4, 0.5) is 0 Å². The molecule has 1 atom stereocenters. The number of hydrogen-bond acceptors (Lipinski definition) is 6. The first kappa shape index (κ1) is 18.6. The lowest BCUT2D eigenvalue weighted by molar-refractivity contribution is 0.0694. The van der Waals surface area contributed by atoms with Crippen molar-refractivity contribution in [2.45, 2.75) is 25.9 Å². The summed E-state index contributed by atoms with van der Waals surface area (Å²) in [4.78, 5) is 13.2. The first-order chi connectivity index (χ1) is 11.1. The van der Waals surface area contributed by atoms with E-state index in [9.17, 15) is 9.90 Å². The van der Waals surface area contributed by atoms with Crippen LogP contribution in [0.1, 0.15) is 30.1 Å². The molecule has 0 spiro atoms. The topological polar surface area (TPSA) is 97.3 Å². The number of nitriles is 2. The fourth-order valence-corrected chi connectivity index (χ4v) is 2.06. The van der Waals surface area contributed by atoms with E-state index in [-0.39, 0.29) is 12.4 Å². The van der Waals surface area contributed by atoms with Crippen molar-refractivity contribution in [3.63, 3.8) is 0 Å². The summed E-state index contributed by atoms with van der Waals surface area (Å²) in [7, 11) is 0. The molecule has 0 fully saturated rings. The molecular weight excluding hydrogens is 294 g/mol. The number of rotatable bonds is 10. The molecule has 6 heteroatoms. The Morgan fingerprint density at radius 2 is 1.96 bits per heavy atom. The highest BCUT2D eigenvalue weighted by Gasteiger charge is 2.12. The fourth-order valence-electron chi connectivity index (χ4n) is 2.06. The highest BCUT2D eigenvalue weighted by atomic mass is 16.5. The maximum Gasteiger partial charge on any atom is 0.159 e. The lowest BCUT2D eigenvalue weighted by Crippen LogP contribution is -2.36. The monoisotopic (exact) mass is 315 g/mol. The molecule has 0 amide bonds. The van der Waals surface area contributed by atoms with Gasteiger partial charge in [0, 0.05) is 38.0 Å². The zero-order valence-corrected chi connectivity index (χ0v) is 13.2. The van der Waals surface area contributed by atoms with Crippen molar-refractivity contribution in [1.82, 2.24) is 4.90 Å². The molecule has 23 heavy (non-hydrogen) atoms. The molecule has 0 radical (unpaired) electrons. The van der Waals surface area contributed by atoms with Crippen LogP contribution in [-0.4, -0.2) is 48.1 Å². The molecule has 0 unspecified atom stereocenters. The zero-order valence-electron chi connectivity index (χ0n) is 13.2. The third kappa shape index (κ3) is 7.42. The molecule has 1 N–H and O–H groups in total. The van der Waals surface area contributed by atoms with Gasteiger partial charge in [0.1, 0.15) is 18.5 Å². The summed E-state index contributed by atoms with van der Waals surface area (Å²) in [6.45, 7) is 2.91. The van der Waals surface area contributed by atoms with E-state index in [1.807, 2.05) is 4.90 Å². The maximum atomic E-state index is 11.3. The van der Waals surface area contributed by atoms with Gasteiger partial charge >= 0.3 is 0 Å². The van der Waals surface area contributed by atoms with E-state index in [2.05, 4.69) is 12.1 Å². The van der Waals surface area contributed by atoms with E-state index in [0.29, 0.717) is 43.8 Å². The first-order valence-electron chi connectivity index (χ1n) is 7.45. The van der Waals surface area contributed by atoms with Crippen LogP contribution in [0, 0.1) is 22.7 Å². The molecule has 0 aliphatic heterocycles. The second-order valence-corrected chi connectivity index (χ2v) is 5.17. The highest BCUT2D eigenvalue weighted by molar-refractivity contribution is 5.94. The van der Waals surface area contributed by atoms with Crippen molar-refractivity contribution >= 4 is 5.78 Å². The zero-order chi connectivity index (χ0) is 17.1. The van der Waals surface area contributed by atoms with Gasteiger partial charge in [-0.05, 0) is 19.1 Å². The van der Waals surface area contributed by atoms with Crippen LogP contribution in [0.5, 0.6) is 5.75 Å². The van der Waals surface area contributed by atoms with E-state index in [1.54, 1.807) is 24.3 Å². The summed E-state index contributed by atoms with van der Waals surface area (Å²) in [6, 6.07) is 10.9. The van der Waals surface area contributed by atoms with E-state index in [0.717, 1.165) is 0 Å². The Labute approximate surface area is 136 Å². The Balaban J connectivity index is 2.49. The first-order valence-corrected chi connectivity index (χ1v) is 7.45. The molecule has 0 aliphatic carbocycles. The normalized spacial score (nSPS) is 11.5. The Morgan fingerprint density at radius 3 is 2.52 bits per heavy atom. The predicted octanol–water partition coefficient (Wildman–Crippen LogP) is 1.76. The molecule has 0 aromatic heterocycles. The fraction of sp³-hybridized carbons (Fsp3) is 0.471. The minimum absolute atomic E-state index is 0.0461. The minimum Gasteiger partial charge on any atom is -0.491 e. The van der Waals surface area contributed by atoms with Gasteiger partial charge in [0.15, 0.2) is 5.78 Å². The molecule has 0 aliphatic rings. The second kappa shape index (κ2) is 10.3. The summed E-state index contributed by atoms with van der Waals surface area (Å²) in [5.74, 6) is 0.479. The molecule has 1 rings (SSSR count). The number of ether oxygens (including phenoxy) is 1. The van der Waals surface area contributed by atoms with Gasteiger partial charge in [-0.3, -0.25) is 9.69 Å². The Morgan fingerprint density at radius 1 is 1.30 bits per heavy atom. The largest absolute Gasteiger partial charge is 0.491 e. The number of carbonyl (C=O) groups is 1. The molecule has 0 saturated heterocycles. The standard InChI is InChI=1S/C17H21N3O3/c1-14(21)15-5-2-6-17(11-15)23-13-16(22)12-20(9-3-7-18)10-4-8-19/h2,5-6,11,16,22H,3-4,9-10,12-13H2,1H3/t16-/m1/s1. The van der Waals surface area contributed by atoms with E-state index < -0.39 is 6.10 Å². The number of benzene rings is 1. The van der Waals surface area contributed by atoms with Crippen molar-refractivity contribution in [3.05, 3.63) is 29.8 Å². The van der Waals surface area contributed by atoms with Gasteiger partial charge in [-0.15, -0.1) is 0 Å². The summed E-state index contributed by atoms with van der Waals surface area (Å²) in [5, 5.41) is 27.3. The Hall–Kier alpha value is -2.41. The molecule has 1 aromatic rings. The summed E-state index contributed by atoms with van der Waals surface area (Å²) < 4.78 is 5.51.